The van der Waals surface area contributed by atoms with Crippen molar-refractivity contribution in [3.63, 3.8) is 0 Å². The van der Waals surface area contributed by atoms with Crippen LogP contribution in [-0.2, 0) is 10.0 Å². The second-order valence-corrected chi connectivity index (χ2v) is 7.31. The number of hydrogen-bond acceptors (Lipinski definition) is 4. The lowest BCUT2D eigenvalue weighted by molar-refractivity contribution is 0.492. The standard InChI is InChI=1S/C14H19N3O2S/c1-14(2,3)17-20(18,19)13-9-8-12(16-15)10-6-4-5-7-11(10)13/h4-9,16-17H,15H2,1-3H3. The highest BCUT2D eigenvalue weighted by molar-refractivity contribution is 7.89. The largest absolute Gasteiger partial charge is 0.324 e. The maximum Gasteiger partial charge on any atom is 0.241 e. The van der Waals surface area contributed by atoms with Crippen LogP contribution in [0.1, 0.15) is 20.8 Å². The van der Waals surface area contributed by atoms with Crippen LogP contribution in [0.3, 0.4) is 0 Å². The highest BCUT2D eigenvalue weighted by Crippen LogP contribution is 2.29. The molecule has 5 nitrogen and oxygen atoms in total. The van der Waals surface area contributed by atoms with Gasteiger partial charge in [-0.3, -0.25) is 5.84 Å². The number of nitrogen functional groups attached to an aromatic ring is 1. The number of nitrogens with two attached hydrogens (primary N) is 1. The number of sulfonamides is 1. The van der Waals surface area contributed by atoms with Crippen LogP contribution >= 0.6 is 0 Å². The first-order valence-electron chi connectivity index (χ1n) is 6.27. The van der Waals surface area contributed by atoms with Gasteiger partial charge in [0, 0.05) is 16.3 Å². The Bertz CT molecular complexity index is 734. The number of nitrogens with one attached hydrogen (secondary N) is 2. The molecule has 108 valence electrons. The van der Waals surface area contributed by atoms with Gasteiger partial charge in [0.25, 0.3) is 0 Å². The van der Waals surface area contributed by atoms with Crippen molar-refractivity contribution < 1.29 is 8.42 Å². The predicted octanol–water partition coefficient (Wildman–Crippen LogP) is 2.20. The minimum atomic E-state index is -3.59. The summed E-state index contributed by atoms with van der Waals surface area (Å²) < 4.78 is 27.7. The summed E-state index contributed by atoms with van der Waals surface area (Å²) in [6.45, 7) is 5.42. The first-order valence-corrected chi connectivity index (χ1v) is 7.75. The summed E-state index contributed by atoms with van der Waals surface area (Å²) >= 11 is 0. The van der Waals surface area contributed by atoms with Crippen molar-refractivity contribution in [3.05, 3.63) is 36.4 Å². The average Bonchev–Trinajstić information content (AvgIpc) is 2.34. The first kappa shape index (κ1) is 14.8. The smallest absolute Gasteiger partial charge is 0.241 e. The Balaban J connectivity index is 2.68. The summed E-state index contributed by atoms with van der Waals surface area (Å²) in [7, 11) is -3.59. The quantitative estimate of drug-likeness (QED) is 0.598. The van der Waals surface area contributed by atoms with Gasteiger partial charge in [-0.25, -0.2) is 13.1 Å². The molecule has 2 aromatic rings. The molecule has 4 N–H and O–H groups in total. The molecular weight excluding hydrogens is 274 g/mol. The third-order valence-corrected chi connectivity index (χ3v) is 4.59. The molecule has 0 aliphatic carbocycles. The molecule has 0 aliphatic rings. The molecule has 0 amide bonds. The highest BCUT2D eigenvalue weighted by Gasteiger charge is 2.24. The summed E-state index contributed by atoms with van der Waals surface area (Å²) in [6.07, 6.45) is 0. The Morgan fingerprint density at radius 2 is 1.60 bits per heavy atom. The fraction of sp³-hybridized carbons (Fsp3) is 0.286. The zero-order chi connectivity index (χ0) is 15.0. The first-order chi connectivity index (χ1) is 9.24. The molecule has 0 atom stereocenters. The van der Waals surface area contributed by atoms with Gasteiger partial charge in [0.2, 0.25) is 10.0 Å². The van der Waals surface area contributed by atoms with Gasteiger partial charge >= 0.3 is 0 Å². The average molecular weight is 293 g/mol. The number of hydrazine groups is 1. The van der Waals surface area contributed by atoms with E-state index in [4.69, 9.17) is 5.84 Å². The van der Waals surface area contributed by atoms with Crippen molar-refractivity contribution in [2.24, 2.45) is 5.84 Å². The van der Waals surface area contributed by atoms with Crippen molar-refractivity contribution in [1.29, 1.82) is 0 Å². The second-order valence-electron chi connectivity index (χ2n) is 5.66. The van der Waals surface area contributed by atoms with E-state index in [9.17, 15) is 8.42 Å². The number of fused-ring (bicyclic) bond motifs is 1. The lowest BCUT2D eigenvalue weighted by Gasteiger charge is -2.21. The molecule has 0 spiro atoms. The third-order valence-electron chi connectivity index (χ3n) is 2.77. The zero-order valence-corrected chi connectivity index (χ0v) is 12.6. The zero-order valence-electron chi connectivity index (χ0n) is 11.8. The van der Waals surface area contributed by atoms with Crippen LogP contribution in [0.2, 0.25) is 0 Å². The molecule has 0 heterocycles. The summed E-state index contributed by atoms with van der Waals surface area (Å²) in [5.74, 6) is 5.46. The number of rotatable bonds is 3. The summed E-state index contributed by atoms with van der Waals surface area (Å²) in [4.78, 5) is 0.252. The minimum absolute atomic E-state index is 0.252. The molecule has 0 radical (unpaired) electrons. The van der Waals surface area contributed by atoms with E-state index in [-0.39, 0.29) is 4.90 Å². The molecule has 0 bridgehead atoms. The topological polar surface area (TPSA) is 84.2 Å². The Kier molecular flexibility index (Phi) is 3.73. The molecule has 0 unspecified atom stereocenters. The molecule has 2 aromatic carbocycles. The molecule has 0 saturated heterocycles. The Hall–Kier alpha value is -1.63. The van der Waals surface area contributed by atoms with Crippen molar-refractivity contribution in [1.82, 2.24) is 4.72 Å². The number of benzene rings is 2. The normalized spacial score (nSPS) is 12.6. The SMILES string of the molecule is CC(C)(C)NS(=O)(=O)c1ccc(NN)c2ccccc12. The van der Waals surface area contributed by atoms with E-state index >= 15 is 0 Å². The molecular formula is C14H19N3O2S. The van der Waals surface area contributed by atoms with Crippen LogP contribution in [0.15, 0.2) is 41.3 Å². The summed E-state index contributed by atoms with van der Waals surface area (Å²) in [5, 5.41) is 1.41. The van der Waals surface area contributed by atoms with Gasteiger partial charge in [-0.15, -0.1) is 0 Å². The summed E-state index contributed by atoms with van der Waals surface area (Å²) in [6, 6.07) is 10.5. The maximum atomic E-state index is 12.5. The van der Waals surface area contributed by atoms with Crippen molar-refractivity contribution >= 4 is 26.5 Å². The molecule has 0 saturated carbocycles. The summed E-state index contributed by atoms with van der Waals surface area (Å²) in [5.41, 5.74) is 2.73. The van der Waals surface area contributed by atoms with Crippen molar-refractivity contribution in [2.75, 3.05) is 5.43 Å². The Labute approximate surface area is 119 Å². The monoisotopic (exact) mass is 293 g/mol. The van der Waals surface area contributed by atoms with Crippen LogP contribution in [-0.4, -0.2) is 14.0 Å². The minimum Gasteiger partial charge on any atom is -0.324 e. The lowest BCUT2D eigenvalue weighted by atomic mass is 10.1. The Morgan fingerprint density at radius 1 is 1.00 bits per heavy atom. The fourth-order valence-corrected chi connectivity index (χ4v) is 3.72. The fourth-order valence-electron chi connectivity index (χ4n) is 2.09. The molecule has 0 aliphatic heterocycles. The molecule has 0 fully saturated rings. The molecule has 2 rings (SSSR count). The molecule has 0 aromatic heterocycles. The van der Waals surface area contributed by atoms with E-state index in [2.05, 4.69) is 10.1 Å². The molecule has 20 heavy (non-hydrogen) atoms. The van der Waals surface area contributed by atoms with Gasteiger partial charge in [0.05, 0.1) is 10.6 Å². The van der Waals surface area contributed by atoms with Crippen LogP contribution in [0, 0.1) is 0 Å². The van der Waals surface area contributed by atoms with E-state index < -0.39 is 15.6 Å². The predicted molar refractivity (Wildman–Crippen MR) is 81.8 cm³/mol. The Morgan fingerprint density at radius 3 is 2.15 bits per heavy atom. The highest BCUT2D eigenvalue weighted by atomic mass is 32.2. The molecule has 6 heteroatoms. The second kappa shape index (κ2) is 5.05. The van der Waals surface area contributed by atoms with E-state index in [1.165, 1.54) is 0 Å². The maximum absolute atomic E-state index is 12.5. The number of anilines is 1. The van der Waals surface area contributed by atoms with Crippen molar-refractivity contribution in [3.8, 4) is 0 Å². The lowest BCUT2D eigenvalue weighted by Crippen LogP contribution is -2.40. The van der Waals surface area contributed by atoms with E-state index in [1.807, 2.05) is 32.9 Å². The van der Waals surface area contributed by atoms with Gasteiger partial charge < -0.3 is 5.43 Å². The van der Waals surface area contributed by atoms with E-state index in [0.717, 1.165) is 5.39 Å². The van der Waals surface area contributed by atoms with E-state index in [1.54, 1.807) is 24.3 Å². The van der Waals surface area contributed by atoms with Crippen LogP contribution in [0.4, 0.5) is 5.69 Å². The van der Waals surface area contributed by atoms with Crippen LogP contribution in [0.25, 0.3) is 10.8 Å². The van der Waals surface area contributed by atoms with Gasteiger partial charge in [-0.2, -0.15) is 0 Å². The van der Waals surface area contributed by atoms with Crippen LogP contribution < -0.4 is 16.0 Å². The van der Waals surface area contributed by atoms with Crippen molar-refractivity contribution in [2.45, 2.75) is 31.2 Å². The van der Waals surface area contributed by atoms with Gasteiger partial charge in [-0.1, -0.05) is 24.3 Å². The van der Waals surface area contributed by atoms with Gasteiger partial charge in [0.15, 0.2) is 0 Å². The third kappa shape index (κ3) is 2.92. The number of hydrogen-bond donors (Lipinski definition) is 3. The van der Waals surface area contributed by atoms with Gasteiger partial charge in [-0.05, 0) is 32.9 Å². The van der Waals surface area contributed by atoms with Crippen LogP contribution in [0.5, 0.6) is 0 Å². The van der Waals surface area contributed by atoms with Gasteiger partial charge in [0.1, 0.15) is 0 Å². The van der Waals surface area contributed by atoms with E-state index in [0.29, 0.717) is 11.1 Å².